The Labute approximate surface area is 174 Å². The zero-order chi connectivity index (χ0) is 21.9. The van der Waals surface area contributed by atoms with Gasteiger partial charge in [-0.25, -0.2) is 16.8 Å². The third-order valence-electron chi connectivity index (χ3n) is 4.72. The van der Waals surface area contributed by atoms with Crippen molar-refractivity contribution < 1.29 is 26.5 Å². The second-order valence-electron chi connectivity index (χ2n) is 6.69. The fourth-order valence-electron chi connectivity index (χ4n) is 3.14. The van der Waals surface area contributed by atoms with E-state index in [1.807, 2.05) is 0 Å². The van der Waals surface area contributed by atoms with Crippen molar-refractivity contribution >= 4 is 31.4 Å². The lowest BCUT2D eigenvalue weighted by Gasteiger charge is -2.25. The summed E-state index contributed by atoms with van der Waals surface area (Å²) in [6.45, 7) is 0.930. The molecule has 162 valence electrons. The number of anilines is 1. The van der Waals surface area contributed by atoms with Gasteiger partial charge >= 0.3 is 5.69 Å². The summed E-state index contributed by atoms with van der Waals surface area (Å²) in [6, 6.07) is 8.62. The summed E-state index contributed by atoms with van der Waals surface area (Å²) in [7, 11) is -6.52. The number of benzene rings is 2. The van der Waals surface area contributed by atoms with E-state index in [4.69, 9.17) is 4.74 Å². The number of hydrogen-bond donors (Lipinski definition) is 1. The molecule has 2 aromatic rings. The molecule has 12 heteroatoms. The van der Waals surface area contributed by atoms with E-state index in [9.17, 15) is 26.9 Å². The van der Waals surface area contributed by atoms with Gasteiger partial charge in [-0.3, -0.25) is 14.8 Å². The molecule has 0 atom stereocenters. The van der Waals surface area contributed by atoms with Crippen molar-refractivity contribution in [2.24, 2.45) is 0 Å². The maximum Gasteiger partial charge on any atom is 0.312 e. The Morgan fingerprint density at radius 3 is 2.13 bits per heavy atom. The highest BCUT2D eigenvalue weighted by atomic mass is 32.2. The Hall–Kier alpha value is -2.70. The lowest BCUT2D eigenvalue weighted by atomic mass is 10.2. The summed E-state index contributed by atoms with van der Waals surface area (Å²) < 4.78 is 59.2. The topological polar surface area (TPSA) is 136 Å². The molecule has 30 heavy (non-hydrogen) atoms. The van der Waals surface area contributed by atoms with E-state index >= 15 is 0 Å². The van der Waals surface area contributed by atoms with Gasteiger partial charge in [0, 0.05) is 24.8 Å². The number of nitrogens with zero attached hydrogens (tertiary/aromatic N) is 2. The highest BCUT2D eigenvalue weighted by Crippen LogP contribution is 2.30. The van der Waals surface area contributed by atoms with E-state index in [1.165, 1.54) is 47.8 Å². The predicted molar refractivity (Wildman–Crippen MR) is 110 cm³/mol. The number of nitro groups is 1. The molecule has 0 radical (unpaired) electrons. The zero-order valence-electron chi connectivity index (χ0n) is 16.1. The minimum Gasteiger partial charge on any atom is -0.490 e. The van der Waals surface area contributed by atoms with E-state index in [0.29, 0.717) is 13.1 Å². The van der Waals surface area contributed by atoms with E-state index in [1.54, 1.807) is 0 Å². The normalized spacial score (nSPS) is 15.5. The summed E-state index contributed by atoms with van der Waals surface area (Å²) >= 11 is 0. The van der Waals surface area contributed by atoms with Crippen LogP contribution in [0.25, 0.3) is 0 Å². The van der Waals surface area contributed by atoms with Crippen molar-refractivity contribution in [3.63, 3.8) is 0 Å². The summed E-state index contributed by atoms with van der Waals surface area (Å²) in [5.41, 5.74) is -0.352. The maximum absolute atomic E-state index is 12.7. The standard InChI is InChI=1S/C18H21N3O7S2/c1-28-18-10-9-16(13-17(18)21(22)23)29(24,25)19-14-5-7-15(8-6-14)30(26,27)20-11-3-2-4-12-20/h5-10,13,19H,2-4,11-12H2,1H3. The van der Waals surface area contributed by atoms with Crippen LogP contribution in [0.2, 0.25) is 0 Å². The molecule has 0 spiro atoms. The van der Waals surface area contributed by atoms with E-state index in [-0.39, 0.29) is 21.2 Å². The molecular weight excluding hydrogens is 434 g/mol. The number of nitro benzene ring substituents is 1. The molecule has 0 amide bonds. The van der Waals surface area contributed by atoms with Crippen LogP contribution < -0.4 is 9.46 Å². The smallest absolute Gasteiger partial charge is 0.312 e. The van der Waals surface area contributed by atoms with Gasteiger partial charge in [0.2, 0.25) is 10.0 Å². The van der Waals surface area contributed by atoms with Gasteiger partial charge in [-0.2, -0.15) is 4.31 Å². The molecule has 0 aliphatic carbocycles. The van der Waals surface area contributed by atoms with Crippen LogP contribution in [-0.4, -0.2) is 46.3 Å². The van der Waals surface area contributed by atoms with Crippen molar-refractivity contribution in [2.75, 3.05) is 24.9 Å². The Morgan fingerprint density at radius 1 is 0.967 bits per heavy atom. The highest BCUT2D eigenvalue weighted by Gasteiger charge is 2.26. The molecule has 10 nitrogen and oxygen atoms in total. The average molecular weight is 456 g/mol. The first kappa shape index (κ1) is 22.0. The summed E-state index contributed by atoms with van der Waals surface area (Å²) in [5, 5.41) is 11.1. The molecule has 2 aromatic carbocycles. The molecule has 0 unspecified atom stereocenters. The molecular formula is C18H21N3O7S2. The molecule has 1 N–H and O–H groups in total. The van der Waals surface area contributed by atoms with Crippen LogP contribution in [0.15, 0.2) is 52.3 Å². The first-order valence-corrected chi connectivity index (χ1v) is 12.0. The molecule has 1 heterocycles. The summed E-state index contributed by atoms with van der Waals surface area (Å²) in [5.74, 6) is -0.0637. The number of piperidine rings is 1. The largest absolute Gasteiger partial charge is 0.490 e. The van der Waals surface area contributed by atoms with E-state index in [0.717, 1.165) is 25.3 Å². The lowest BCUT2D eigenvalue weighted by molar-refractivity contribution is -0.386. The average Bonchev–Trinajstić information content (AvgIpc) is 2.74. The van der Waals surface area contributed by atoms with Crippen molar-refractivity contribution in [1.29, 1.82) is 0 Å². The third kappa shape index (κ3) is 4.55. The second kappa shape index (κ2) is 8.58. The van der Waals surface area contributed by atoms with Crippen LogP contribution in [0.4, 0.5) is 11.4 Å². The number of sulfonamides is 2. The van der Waals surface area contributed by atoms with Crippen LogP contribution in [0.1, 0.15) is 19.3 Å². The van der Waals surface area contributed by atoms with Crippen molar-refractivity contribution in [3.05, 3.63) is 52.6 Å². The Kier molecular flexibility index (Phi) is 6.29. The Bertz CT molecular complexity index is 1140. The van der Waals surface area contributed by atoms with Gasteiger partial charge in [-0.15, -0.1) is 0 Å². The Morgan fingerprint density at radius 2 is 1.57 bits per heavy atom. The van der Waals surface area contributed by atoms with Gasteiger partial charge in [0.05, 0.1) is 21.8 Å². The predicted octanol–water partition coefficient (Wildman–Crippen LogP) is 2.58. The van der Waals surface area contributed by atoms with E-state index < -0.39 is 30.7 Å². The van der Waals surface area contributed by atoms with Crippen LogP contribution >= 0.6 is 0 Å². The van der Waals surface area contributed by atoms with Crippen molar-refractivity contribution in [2.45, 2.75) is 29.1 Å². The van der Waals surface area contributed by atoms with Gasteiger partial charge in [0.25, 0.3) is 10.0 Å². The van der Waals surface area contributed by atoms with Crippen LogP contribution in [0, 0.1) is 10.1 Å². The molecule has 1 fully saturated rings. The van der Waals surface area contributed by atoms with Crippen LogP contribution in [0.5, 0.6) is 5.75 Å². The molecule has 0 bridgehead atoms. The minimum absolute atomic E-state index is 0.0637. The van der Waals surface area contributed by atoms with Gasteiger partial charge in [-0.1, -0.05) is 6.42 Å². The highest BCUT2D eigenvalue weighted by molar-refractivity contribution is 7.92. The van der Waals surface area contributed by atoms with Gasteiger partial charge < -0.3 is 4.74 Å². The second-order valence-corrected chi connectivity index (χ2v) is 10.3. The van der Waals surface area contributed by atoms with Crippen molar-refractivity contribution in [3.8, 4) is 5.75 Å². The minimum atomic E-state index is -4.13. The number of nitrogens with one attached hydrogen (secondary N) is 1. The van der Waals surface area contributed by atoms with Crippen molar-refractivity contribution in [1.82, 2.24) is 4.31 Å². The summed E-state index contributed by atoms with van der Waals surface area (Å²) in [6.07, 6.45) is 2.62. The SMILES string of the molecule is COc1ccc(S(=O)(=O)Nc2ccc(S(=O)(=O)N3CCCCC3)cc2)cc1[N+](=O)[O-]. The zero-order valence-corrected chi connectivity index (χ0v) is 17.8. The summed E-state index contributed by atoms with van der Waals surface area (Å²) in [4.78, 5) is 10.1. The number of hydrogen-bond acceptors (Lipinski definition) is 7. The molecule has 0 aromatic heterocycles. The Balaban J connectivity index is 1.82. The van der Waals surface area contributed by atoms with Crippen LogP contribution in [-0.2, 0) is 20.0 Å². The van der Waals surface area contributed by atoms with Gasteiger partial charge in [0.1, 0.15) is 0 Å². The molecule has 1 aliphatic heterocycles. The molecule has 1 saturated heterocycles. The molecule has 1 aliphatic rings. The number of rotatable bonds is 7. The monoisotopic (exact) mass is 455 g/mol. The fourth-order valence-corrected chi connectivity index (χ4v) is 5.74. The number of ether oxygens (including phenoxy) is 1. The van der Waals surface area contributed by atoms with Crippen LogP contribution in [0.3, 0.4) is 0 Å². The molecule has 0 saturated carbocycles. The van der Waals surface area contributed by atoms with Gasteiger partial charge in [0.15, 0.2) is 5.75 Å². The maximum atomic E-state index is 12.7. The fraction of sp³-hybridized carbons (Fsp3) is 0.333. The molecule has 3 rings (SSSR count). The first-order valence-electron chi connectivity index (χ1n) is 9.10. The third-order valence-corrected chi connectivity index (χ3v) is 8.01. The van der Waals surface area contributed by atoms with E-state index in [2.05, 4.69) is 4.72 Å². The van der Waals surface area contributed by atoms with Gasteiger partial charge in [-0.05, 0) is 49.2 Å². The lowest BCUT2D eigenvalue weighted by Crippen LogP contribution is -2.35. The quantitative estimate of drug-likeness (QED) is 0.500. The number of methoxy groups -OCH3 is 1. The first-order chi connectivity index (χ1) is 14.1.